The number of rotatable bonds is 4. The maximum atomic E-state index is 12.5. The van der Waals surface area contributed by atoms with Crippen molar-refractivity contribution < 1.29 is 4.79 Å². The number of amides is 1. The van der Waals surface area contributed by atoms with Gasteiger partial charge in [0.15, 0.2) is 10.8 Å². The first-order valence-corrected chi connectivity index (χ1v) is 9.75. The number of pyridine rings is 1. The number of carbonyl (C=O) groups excluding carboxylic acids is 1. The Morgan fingerprint density at radius 1 is 1.08 bits per heavy atom. The molecule has 1 N–H and O–H groups in total. The van der Waals surface area contributed by atoms with Crippen LogP contribution in [0.5, 0.6) is 0 Å². The standard InChI is InChI=1S/C19H15BrN4OS/c1-12(18(25)21-15-9-7-14(20)8-10-15)26-19-23-22-17-11-6-13-4-2-3-5-16(13)24(17)19/h2-12H,1H3,(H,21,25). The Morgan fingerprint density at radius 3 is 2.65 bits per heavy atom. The normalized spacial score (nSPS) is 12.4. The van der Waals surface area contributed by atoms with Crippen LogP contribution in [0.3, 0.4) is 0 Å². The second-order valence-electron chi connectivity index (χ2n) is 5.82. The fourth-order valence-electron chi connectivity index (χ4n) is 2.68. The first-order chi connectivity index (χ1) is 12.6. The predicted molar refractivity (Wildman–Crippen MR) is 109 cm³/mol. The molecule has 1 unspecified atom stereocenters. The van der Waals surface area contributed by atoms with Crippen LogP contribution >= 0.6 is 27.7 Å². The summed E-state index contributed by atoms with van der Waals surface area (Å²) in [5, 5.41) is 12.9. The summed E-state index contributed by atoms with van der Waals surface area (Å²) in [5.74, 6) is -0.0747. The summed E-state index contributed by atoms with van der Waals surface area (Å²) < 4.78 is 2.96. The van der Waals surface area contributed by atoms with E-state index in [4.69, 9.17) is 0 Å². The third-order valence-corrected chi connectivity index (χ3v) is 5.58. The van der Waals surface area contributed by atoms with E-state index >= 15 is 0 Å². The molecular formula is C19H15BrN4OS. The molecule has 0 saturated carbocycles. The first kappa shape index (κ1) is 17.1. The van der Waals surface area contributed by atoms with E-state index in [0.717, 1.165) is 26.7 Å². The largest absolute Gasteiger partial charge is 0.325 e. The number of halogens is 1. The van der Waals surface area contributed by atoms with Gasteiger partial charge in [-0.15, -0.1) is 10.2 Å². The van der Waals surface area contributed by atoms with Crippen molar-refractivity contribution in [2.45, 2.75) is 17.3 Å². The van der Waals surface area contributed by atoms with Gasteiger partial charge in [0.2, 0.25) is 5.91 Å². The minimum Gasteiger partial charge on any atom is -0.325 e. The third-order valence-electron chi connectivity index (χ3n) is 4.01. The Bertz CT molecular complexity index is 1090. The van der Waals surface area contributed by atoms with Gasteiger partial charge in [-0.1, -0.05) is 45.9 Å². The lowest BCUT2D eigenvalue weighted by atomic mass is 10.2. The molecule has 4 rings (SSSR count). The highest BCUT2D eigenvalue weighted by atomic mass is 79.9. The van der Waals surface area contributed by atoms with Crippen LogP contribution in [0.1, 0.15) is 6.92 Å². The topological polar surface area (TPSA) is 59.3 Å². The van der Waals surface area contributed by atoms with Gasteiger partial charge < -0.3 is 5.32 Å². The maximum Gasteiger partial charge on any atom is 0.237 e. The summed E-state index contributed by atoms with van der Waals surface area (Å²) in [4.78, 5) is 12.5. The SMILES string of the molecule is CC(Sc1nnc2ccc3ccccc3n12)C(=O)Nc1ccc(Br)cc1. The lowest BCUT2D eigenvalue weighted by molar-refractivity contribution is -0.115. The smallest absolute Gasteiger partial charge is 0.237 e. The molecule has 26 heavy (non-hydrogen) atoms. The quantitative estimate of drug-likeness (QED) is 0.477. The number of hydrogen-bond acceptors (Lipinski definition) is 4. The Labute approximate surface area is 162 Å². The minimum absolute atomic E-state index is 0.0747. The summed E-state index contributed by atoms with van der Waals surface area (Å²) in [6.07, 6.45) is 0. The number of anilines is 1. The van der Waals surface area contributed by atoms with E-state index in [-0.39, 0.29) is 11.2 Å². The van der Waals surface area contributed by atoms with Crippen LogP contribution < -0.4 is 5.32 Å². The van der Waals surface area contributed by atoms with Gasteiger partial charge in [-0.25, -0.2) is 0 Å². The molecule has 130 valence electrons. The molecule has 7 heteroatoms. The molecule has 4 aromatic rings. The fourth-order valence-corrected chi connectivity index (χ4v) is 3.81. The van der Waals surface area contributed by atoms with Crippen molar-refractivity contribution in [1.82, 2.24) is 14.6 Å². The Balaban J connectivity index is 1.59. The van der Waals surface area contributed by atoms with E-state index in [1.807, 2.05) is 72.0 Å². The minimum atomic E-state index is -0.315. The van der Waals surface area contributed by atoms with Gasteiger partial charge in [0, 0.05) is 10.2 Å². The molecule has 2 heterocycles. The highest BCUT2D eigenvalue weighted by Crippen LogP contribution is 2.27. The van der Waals surface area contributed by atoms with Crippen molar-refractivity contribution >= 4 is 55.8 Å². The monoisotopic (exact) mass is 426 g/mol. The van der Waals surface area contributed by atoms with Crippen molar-refractivity contribution in [2.75, 3.05) is 5.32 Å². The van der Waals surface area contributed by atoms with Crippen molar-refractivity contribution in [3.63, 3.8) is 0 Å². The zero-order chi connectivity index (χ0) is 18.1. The number of nitrogens with one attached hydrogen (secondary N) is 1. The van der Waals surface area contributed by atoms with Crippen molar-refractivity contribution in [2.24, 2.45) is 0 Å². The molecular weight excluding hydrogens is 412 g/mol. The van der Waals surface area contributed by atoms with Crippen LogP contribution in [0.4, 0.5) is 5.69 Å². The number of aromatic nitrogens is 3. The number of para-hydroxylation sites is 1. The molecule has 0 aliphatic heterocycles. The van der Waals surface area contributed by atoms with Crippen molar-refractivity contribution in [3.8, 4) is 0 Å². The molecule has 0 saturated heterocycles. The summed E-state index contributed by atoms with van der Waals surface area (Å²) in [6, 6.07) is 19.5. The van der Waals surface area contributed by atoms with E-state index in [1.165, 1.54) is 11.8 Å². The molecule has 2 aromatic carbocycles. The molecule has 0 aliphatic rings. The predicted octanol–water partition coefficient (Wildman–Crippen LogP) is 4.76. The number of benzene rings is 2. The average Bonchev–Trinajstić information content (AvgIpc) is 3.07. The molecule has 0 fully saturated rings. The highest BCUT2D eigenvalue weighted by molar-refractivity contribution is 9.10. The van der Waals surface area contributed by atoms with Crippen LogP contribution in [0, 0.1) is 0 Å². The molecule has 0 aliphatic carbocycles. The Kier molecular flexibility index (Phi) is 4.65. The summed E-state index contributed by atoms with van der Waals surface area (Å²) in [6.45, 7) is 1.87. The molecule has 2 aromatic heterocycles. The second-order valence-corrected chi connectivity index (χ2v) is 8.05. The van der Waals surface area contributed by atoms with Gasteiger partial charge in [0.1, 0.15) is 0 Å². The van der Waals surface area contributed by atoms with E-state index in [2.05, 4.69) is 31.4 Å². The average molecular weight is 427 g/mol. The number of carbonyl (C=O) groups is 1. The summed E-state index contributed by atoms with van der Waals surface area (Å²) in [7, 11) is 0. The van der Waals surface area contributed by atoms with E-state index in [9.17, 15) is 4.79 Å². The number of hydrogen-bond donors (Lipinski definition) is 1. The number of nitrogens with zero attached hydrogens (tertiary/aromatic N) is 3. The van der Waals surface area contributed by atoms with Crippen LogP contribution in [-0.4, -0.2) is 25.8 Å². The summed E-state index contributed by atoms with van der Waals surface area (Å²) in [5.41, 5.74) is 2.56. The van der Waals surface area contributed by atoms with Gasteiger partial charge >= 0.3 is 0 Å². The van der Waals surface area contributed by atoms with Gasteiger partial charge in [0.05, 0.1) is 10.8 Å². The molecule has 5 nitrogen and oxygen atoms in total. The first-order valence-electron chi connectivity index (χ1n) is 8.08. The Morgan fingerprint density at radius 2 is 1.85 bits per heavy atom. The van der Waals surface area contributed by atoms with Gasteiger partial charge in [-0.05, 0) is 54.8 Å². The maximum absolute atomic E-state index is 12.5. The third kappa shape index (κ3) is 3.32. The van der Waals surface area contributed by atoms with Gasteiger partial charge in [-0.3, -0.25) is 9.20 Å². The lowest BCUT2D eigenvalue weighted by Gasteiger charge is -2.11. The lowest BCUT2D eigenvalue weighted by Crippen LogP contribution is -2.22. The fraction of sp³-hybridized carbons (Fsp3) is 0.105. The van der Waals surface area contributed by atoms with Crippen LogP contribution in [-0.2, 0) is 4.79 Å². The van der Waals surface area contributed by atoms with Crippen molar-refractivity contribution in [1.29, 1.82) is 0 Å². The van der Waals surface area contributed by atoms with E-state index in [0.29, 0.717) is 5.16 Å². The van der Waals surface area contributed by atoms with Crippen LogP contribution in [0.2, 0.25) is 0 Å². The zero-order valence-electron chi connectivity index (χ0n) is 13.9. The van der Waals surface area contributed by atoms with Crippen LogP contribution in [0.15, 0.2) is 70.3 Å². The number of fused-ring (bicyclic) bond motifs is 3. The summed E-state index contributed by atoms with van der Waals surface area (Å²) >= 11 is 4.78. The Hall–Kier alpha value is -2.38. The molecule has 0 spiro atoms. The highest BCUT2D eigenvalue weighted by Gasteiger charge is 2.19. The molecule has 0 bridgehead atoms. The van der Waals surface area contributed by atoms with Crippen LogP contribution in [0.25, 0.3) is 16.6 Å². The molecule has 0 radical (unpaired) electrons. The van der Waals surface area contributed by atoms with Gasteiger partial charge in [0.25, 0.3) is 0 Å². The van der Waals surface area contributed by atoms with E-state index < -0.39 is 0 Å². The van der Waals surface area contributed by atoms with E-state index in [1.54, 1.807) is 0 Å². The van der Waals surface area contributed by atoms with Gasteiger partial charge in [-0.2, -0.15) is 0 Å². The number of thioether (sulfide) groups is 1. The zero-order valence-corrected chi connectivity index (χ0v) is 16.3. The van der Waals surface area contributed by atoms with Crippen molar-refractivity contribution in [3.05, 3.63) is 65.1 Å². The molecule has 1 atom stereocenters. The second kappa shape index (κ2) is 7.09. The molecule has 1 amide bonds.